The minimum absolute atomic E-state index is 0.00847. The van der Waals surface area contributed by atoms with Crippen molar-refractivity contribution in [3.63, 3.8) is 0 Å². The minimum atomic E-state index is -3.75. The quantitative estimate of drug-likeness (QED) is 0.730. The van der Waals surface area contributed by atoms with Crippen LogP contribution in [0.1, 0.15) is 45.5 Å². The summed E-state index contributed by atoms with van der Waals surface area (Å²) >= 11 is 0. The monoisotopic (exact) mass is 442 g/mol. The first-order chi connectivity index (χ1) is 14.5. The molecule has 8 nitrogen and oxygen atoms in total. The van der Waals surface area contributed by atoms with Crippen molar-refractivity contribution in [3.05, 3.63) is 61.6 Å². The first kappa shape index (κ1) is 22.7. The molecule has 1 amide bonds. The number of hydrogen-bond acceptors (Lipinski definition) is 5. The lowest BCUT2D eigenvalue weighted by Gasteiger charge is -2.28. The van der Waals surface area contributed by atoms with E-state index in [9.17, 15) is 18.0 Å². The highest BCUT2D eigenvalue weighted by Gasteiger charge is 2.24. The lowest BCUT2D eigenvalue weighted by Crippen LogP contribution is -2.39. The number of nitriles is 1. The van der Waals surface area contributed by atoms with Crippen molar-refractivity contribution in [2.75, 3.05) is 13.1 Å². The Bertz CT molecular complexity index is 1230. The highest BCUT2D eigenvalue weighted by atomic mass is 32.2. The van der Waals surface area contributed by atoms with Crippen molar-refractivity contribution in [1.82, 2.24) is 14.6 Å². The van der Waals surface area contributed by atoms with Crippen LogP contribution in [0, 0.1) is 39.0 Å². The van der Waals surface area contributed by atoms with Crippen LogP contribution in [0.15, 0.2) is 21.8 Å². The number of sulfonamides is 1. The van der Waals surface area contributed by atoms with Crippen LogP contribution >= 0.6 is 0 Å². The molecule has 0 fully saturated rings. The van der Waals surface area contributed by atoms with Crippen molar-refractivity contribution < 1.29 is 13.2 Å². The number of H-pyrrole nitrogens is 1. The summed E-state index contributed by atoms with van der Waals surface area (Å²) in [5.74, 6) is -0.188. The Kier molecular flexibility index (Phi) is 6.34. The zero-order valence-corrected chi connectivity index (χ0v) is 18.9. The van der Waals surface area contributed by atoms with Gasteiger partial charge in [-0.1, -0.05) is 6.07 Å². The standard InChI is InChI=1S/C22H26N4O4S/c1-13-9-14(2)16(4)21(15(13)3)31(29,30)24-7-5-20(27)26-8-6-19-18(12-26)10-17(11-23)22(28)25-19/h9-10,24H,5-8,12H2,1-4H3,(H,25,28). The maximum Gasteiger partial charge on any atom is 0.266 e. The number of aromatic nitrogens is 1. The van der Waals surface area contributed by atoms with Crippen LogP contribution in [0.4, 0.5) is 0 Å². The topological polar surface area (TPSA) is 123 Å². The first-order valence-corrected chi connectivity index (χ1v) is 11.5. The molecule has 0 saturated carbocycles. The number of benzene rings is 1. The van der Waals surface area contributed by atoms with Gasteiger partial charge in [-0.05, 0) is 61.6 Å². The largest absolute Gasteiger partial charge is 0.338 e. The Morgan fingerprint density at radius 2 is 1.84 bits per heavy atom. The molecule has 164 valence electrons. The summed E-state index contributed by atoms with van der Waals surface area (Å²) in [4.78, 5) is 29.0. The average molecular weight is 443 g/mol. The van der Waals surface area contributed by atoms with Gasteiger partial charge in [0.05, 0.1) is 4.90 Å². The Morgan fingerprint density at radius 3 is 2.45 bits per heavy atom. The van der Waals surface area contributed by atoms with Crippen LogP contribution in [0.5, 0.6) is 0 Å². The third-order valence-electron chi connectivity index (χ3n) is 5.88. The maximum absolute atomic E-state index is 12.9. The second kappa shape index (κ2) is 8.65. The molecule has 0 atom stereocenters. The SMILES string of the molecule is Cc1cc(C)c(C)c(S(=O)(=O)NCCC(=O)N2CCc3[nH]c(=O)c(C#N)cc3C2)c1C. The van der Waals surface area contributed by atoms with Gasteiger partial charge in [0.25, 0.3) is 5.56 Å². The summed E-state index contributed by atoms with van der Waals surface area (Å²) in [6.45, 7) is 8.02. The molecule has 2 heterocycles. The summed E-state index contributed by atoms with van der Waals surface area (Å²) in [6, 6.07) is 5.33. The van der Waals surface area contributed by atoms with Gasteiger partial charge >= 0.3 is 0 Å². The smallest absolute Gasteiger partial charge is 0.266 e. The Hall–Kier alpha value is -2.96. The van der Waals surface area contributed by atoms with Crippen molar-refractivity contribution in [2.24, 2.45) is 0 Å². The zero-order chi connectivity index (χ0) is 22.9. The number of nitrogens with one attached hydrogen (secondary N) is 2. The van der Waals surface area contributed by atoms with Gasteiger partial charge in [-0.25, -0.2) is 13.1 Å². The number of rotatable bonds is 5. The Labute approximate surface area is 182 Å². The predicted molar refractivity (Wildman–Crippen MR) is 116 cm³/mol. The highest BCUT2D eigenvalue weighted by molar-refractivity contribution is 7.89. The number of carbonyl (C=O) groups is 1. The molecule has 31 heavy (non-hydrogen) atoms. The second-order valence-electron chi connectivity index (χ2n) is 7.93. The van der Waals surface area contributed by atoms with E-state index in [4.69, 9.17) is 5.26 Å². The molecule has 0 unspecified atom stereocenters. The van der Waals surface area contributed by atoms with Crippen LogP contribution in [0.2, 0.25) is 0 Å². The van der Waals surface area contributed by atoms with E-state index >= 15 is 0 Å². The van der Waals surface area contributed by atoms with E-state index in [0.29, 0.717) is 24.1 Å². The van der Waals surface area contributed by atoms with E-state index in [2.05, 4.69) is 9.71 Å². The number of nitrogens with zero attached hydrogens (tertiary/aromatic N) is 2. The van der Waals surface area contributed by atoms with E-state index in [1.54, 1.807) is 18.7 Å². The maximum atomic E-state index is 12.9. The van der Waals surface area contributed by atoms with E-state index in [1.807, 2.05) is 26.0 Å². The van der Waals surface area contributed by atoms with Crippen LogP contribution in [0.25, 0.3) is 0 Å². The number of fused-ring (bicyclic) bond motifs is 1. The Balaban J connectivity index is 1.67. The molecule has 2 aromatic rings. The van der Waals surface area contributed by atoms with E-state index < -0.39 is 15.6 Å². The third kappa shape index (κ3) is 4.55. The summed E-state index contributed by atoms with van der Waals surface area (Å²) in [7, 11) is -3.75. The van der Waals surface area contributed by atoms with E-state index in [-0.39, 0.29) is 35.9 Å². The number of aryl methyl sites for hydroxylation is 2. The van der Waals surface area contributed by atoms with Gasteiger partial charge in [0, 0.05) is 38.2 Å². The molecule has 0 bridgehead atoms. The molecule has 0 spiro atoms. The lowest BCUT2D eigenvalue weighted by molar-refractivity contribution is -0.131. The molecule has 0 radical (unpaired) electrons. The summed E-state index contributed by atoms with van der Waals surface area (Å²) < 4.78 is 28.4. The van der Waals surface area contributed by atoms with Gasteiger partial charge < -0.3 is 9.88 Å². The van der Waals surface area contributed by atoms with Crippen molar-refractivity contribution in [2.45, 2.75) is 52.0 Å². The van der Waals surface area contributed by atoms with Gasteiger partial charge in [0.1, 0.15) is 11.6 Å². The average Bonchev–Trinajstić information content (AvgIpc) is 2.71. The fourth-order valence-electron chi connectivity index (χ4n) is 3.91. The van der Waals surface area contributed by atoms with E-state index in [1.165, 1.54) is 6.07 Å². The molecular formula is C22H26N4O4S. The van der Waals surface area contributed by atoms with Crippen LogP contribution in [-0.4, -0.2) is 37.3 Å². The van der Waals surface area contributed by atoms with Gasteiger partial charge in [0.2, 0.25) is 15.9 Å². The fourth-order valence-corrected chi connectivity index (χ4v) is 5.55. The molecule has 1 aromatic heterocycles. The van der Waals surface area contributed by atoms with Crippen LogP contribution < -0.4 is 10.3 Å². The molecule has 0 aliphatic carbocycles. The normalized spacial score (nSPS) is 13.6. The van der Waals surface area contributed by atoms with Crippen molar-refractivity contribution in [1.29, 1.82) is 5.26 Å². The third-order valence-corrected chi connectivity index (χ3v) is 7.61. The number of amides is 1. The van der Waals surface area contributed by atoms with Gasteiger partial charge in [-0.15, -0.1) is 0 Å². The molecule has 9 heteroatoms. The van der Waals surface area contributed by atoms with Crippen molar-refractivity contribution >= 4 is 15.9 Å². The summed E-state index contributed by atoms with van der Waals surface area (Å²) in [6.07, 6.45) is 0.501. The molecule has 1 aliphatic rings. The molecular weight excluding hydrogens is 416 g/mol. The summed E-state index contributed by atoms with van der Waals surface area (Å²) in [5.41, 5.74) is 4.27. The second-order valence-corrected chi connectivity index (χ2v) is 9.63. The molecule has 2 N–H and O–H groups in total. The van der Waals surface area contributed by atoms with Crippen LogP contribution in [0.3, 0.4) is 0 Å². The summed E-state index contributed by atoms with van der Waals surface area (Å²) in [5, 5.41) is 9.04. The Morgan fingerprint density at radius 1 is 1.19 bits per heavy atom. The lowest BCUT2D eigenvalue weighted by atomic mass is 10.0. The molecule has 1 aliphatic heterocycles. The molecule has 1 aromatic carbocycles. The highest BCUT2D eigenvalue weighted by Crippen LogP contribution is 2.26. The van der Waals surface area contributed by atoms with Gasteiger partial charge in [-0.2, -0.15) is 5.26 Å². The molecule has 0 saturated heterocycles. The molecule has 3 rings (SSSR count). The first-order valence-electron chi connectivity index (χ1n) is 10.0. The van der Waals surface area contributed by atoms with E-state index in [0.717, 1.165) is 22.4 Å². The van der Waals surface area contributed by atoms with Gasteiger partial charge in [0.15, 0.2) is 0 Å². The number of hydrogen-bond donors (Lipinski definition) is 2. The zero-order valence-electron chi connectivity index (χ0n) is 18.1. The van der Waals surface area contributed by atoms with Crippen LogP contribution in [-0.2, 0) is 27.8 Å². The number of pyridine rings is 1. The predicted octanol–water partition coefficient (Wildman–Crippen LogP) is 1.73. The number of aromatic amines is 1. The fraction of sp³-hybridized carbons (Fsp3) is 0.409. The number of carbonyl (C=O) groups excluding carboxylic acids is 1. The van der Waals surface area contributed by atoms with Crippen molar-refractivity contribution in [3.8, 4) is 6.07 Å². The minimum Gasteiger partial charge on any atom is -0.338 e. The van der Waals surface area contributed by atoms with Gasteiger partial charge in [-0.3, -0.25) is 9.59 Å².